The lowest BCUT2D eigenvalue weighted by Gasteiger charge is -2.22. The van der Waals surface area contributed by atoms with E-state index in [0.29, 0.717) is 5.82 Å². The van der Waals surface area contributed by atoms with Crippen molar-refractivity contribution < 1.29 is 0 Å². The van der Waals surface area contributed by atoms with Crippen LogP contribution in [0.1, 0.15) is 74.9 Å². The largest absolute Gasteiger partial charge is 0.265 e. The number of nitrogens with zero attached hydrogens (tertiary/aromatic N) is 6. The van der Waals surface area contributed by atoms with Crippen LogP contribution >= 0.6 is 0 Å². The minimum atomic E-state index is -0.0413. The van der Waals surface area contributed by atoms with Crippen LogP contribution in [0.2, 0.25) is 0 Å². The molecule has 0 fully saturated rings. The summed E-state index contributed by atoms with van der Waals surface area (Å²) in [6.45, 7) is 14.1. The molecule has 0 spiro atoms. The van der Waals surface area contributed by atoms with Gasteiger partial charge in [0.2, 0.25) is 0 Å². The molecule has 0 N–H and O–H groups in total. The highest BCUT2D eigenvalue weighted by molar-refractivity contribution is 6.25. The van der Waals surface area contributed by atoms with Gasteiger partial charge < -0.3 is 0 Å². The zero-order valence-corrected chi connectivity index (χ0v) is 75.8. The monoisotopic (exact) mass is 1720 g/mol. The fourth-order valence-electron chi connectivity index (χ4n) is 22.9. The van der Waals surface area contributed by atoms with Crippen LogP contribution in [-0.2, 0) is 16.2 Å². The van der Waals surface area contributed by atoms with E-state index in [9.17, 15) is 0 Å². The summed E-state index contributed by atoms with van der Waals surface area (Å²) < 4.78 is 0. The van der Waals surface area contributed by atoms with Crippen molar-refractivity contribution in [2.24, 2.45) is 0 Å². The van der Waals surface area contributed by atoms with Gasteiger partial charge in [0.15, 0.2) is 5.82 Å². The molecular weight excluding hydrogens is 1630 g/mol. The van der Waals surface area contributed by atoms with E-state index in [-0.39, 0.29) is 16.2 Å². The summed E-state index contributed by atoms with van der Waals surface area (Å²) in [5, 5.41) is 22.0. The standard InChI is InChI=1S/C44H31N.C43H30N2.C42H29N3/c1-44(2)40-14-8-7-11-34(40)38-27-33(18-20-41(38)44)43-36-13-6-5-12-35(36)42(29-21-23-45-24-22-29)37-19-17-32(26-39(37)43)31-16-15-28-9-3-4-10-30(28)25-31;1-43(2)39-14-8-7-11-33(39)37-23-31(18-20-40(37)43)41-34-12-5-6-13-35(34)42(32-24-44-26-45-25-32)36-19-17-30(22-38(36)41)29-16-15-27-9-3-4-10-28(27)21-29;1-42(2)37-14-8-7-11-31(37)35-23-30(18-20-38(35)42)39-32-12-5-6-13-33(32)40(41-44-24-43-25-45-41)34-19-17-29(22-36(34)39)28-16-15-26-9-3-4-10-27(26)21-28/h3-27H,1-2H3;3-26H,1-2H3;3-25H,1-2H3. The Kier molecular flexibility index (Phi) is 18.9. The Hall–Kier alpha value is -16.8. The highest BCUT2D eigenvalue weighted by Crippen LogP contribution is 2.57. The lowest BCUT2D eigenvalue weighted by atomic mass is 9.81. The first-order valence-corrected chi connectivity index (χ1v) is 46.7. The van der Waals surface area contributed by atoms with Gasteiger partial charge in [-0.1, -0.05) is 369 Å². The number of benzene rings is 21. The van der Waals surface area contributed by atoms with Crippen molar-refractivity contribution in [2.45, 2.75) is 57.8 Å². The van der Waals surface area contributed by atoms with Crippen molar-refractivity contribution >= 4 is 97.0 Å². The van der Waals surface area contributed by atoms with Crippen molar-refractivity contribution in [3.05, 3.63) is 471 Å². The molecule has 6 heteroatoms. The molecule has 27 rings (SSSR count). The Morgan fingerprint density at radius 2 is 0.430 bits per heavy atom. The molecule has 636 valence electrons. The summed E-state index contributed by atoms with van der Waals surface area (Å²) in [5.41, 5.74) is 36.6. The minimum Gasteiger partial charge on any atom is -0.265 e. The van der Waals surface area contributed by atoms with Gasteiger partial charge in [-0.05, 0) is 308 Å². The Morgan fingerprint density at radius 1 is 0.163 bits per heavy atom. The van der Waals surface area contributed by atoms with Crippen molar-refractivity contribution in [3.8, 4) is 134 Å². The van der Waals surface area contributed by atoms with E-state index >= 15 is 0 Å². The topological polar surface area (TPSA) is 77.3 Å². The fourth-order valence-corrected chi connectivity index (χ4v) is 22.9. The van der Waals surface area contributed by atoms with E-state index in [0.717, 1.165) is 21.9 Å². The van der Waals surface area contributed by atoms with Crippen LogP contribution in [0.25, 0.3) is 231 Å². The Bertz CT molecular complexity index is 8190. The summed E-state index contributed by atoms with van der Waals surface area (Å²) in [6.07, 6.45) is 12.4. The van der Waals surface area contributed by atoms with E-state index in [4.69, 9.17) is 0 Å². The second-order valence-electron chi connectivity index (χ2n) is 38.0. The molecule has 3 aromatic heterocycles. The van der Waals surface area contributed by atoms with Gasteiger partial charge in [0, 0.05) is 57.7 Å². The molecule has 21 aromatic carbocycles. The van der Waals surface area contributed by atoms with Gasteiger partial charge >= 0.3 is 0 Å². The van der Waals surface area contributed by atoms with Gasteiger partial charge in [0.25, 0.3) is 0 Å². The summed E-state index contributed by atoms with van der Waals surface area (Å²) >= 11 is 0. The van der Waals surface area contributed by atoms with Gasteiger partial charge in [-0.3, -0.25) is 4.98 Å². The number of aromatic nitrogens is 6. The second kappa shape index (κ2) is 31.8. The van der Waals surface area contributed by atoms with E-state index in [1.54, 1.807) is 19.0 Å². The number of hydrogen-bond donors (Lipinski definition) is 0. The first kappa shape index (κ1) is 80.3. The SMILES string of the molecule is CC1(C)c2ccccc2-c2cc(-c3c4ccccc4c(-c4ccncc4)c4ccc(-c5ccc6ccccc6c5)cc34)ccc21.CC1(C)c2ccccc2-c2cc(-c3c4ccccc4c(-c4cncnc4)c4ccc(-c5ccc6ccccc6c5)cc34)ccc21.CC1(C)c2ccccc2-c2cc(-c3c4ccccc4c(-c4ncncn4)c4ccc(-c5ccc6ccccc6c5)cc34)ccc21. The van der Waals surface area contributed by atoms with Crippen LogP contribution in [0.4, 0.5) is 0 Å². The molecule has 135 heavy (non-hydrogen) atoms. The van der Waals surface area contributed by atoms with Crippen LogP contribution in [0.5, 0.6) is 0 Å². The fraction of sp³-hybridized carbons (Fsp3) is 0.0698. The van der Waals surface area contributed by atoms with Crippen LogP contribution in [0, 0.1) is 0 Å². The molecule has 0 saturated carbocycles. The van der Waals surface area contributed by atoms with Crippen LogP contribution in [0.15, 0.2) is 438 Å². The van der Waals surface area contributed by atoms with Gasteiger partial charge in [-0.25, -0.2) is 24.9 Å². The number of pyridine rings is 1. The third-order valence-corrected chi connectivity index (χ3v) is 29.5. The molecule has 3 aliphatic carbocycles. The van der Waals surface area contributed by atoms with Gasteiger partial charge in [-0.15, -0.1) is 0 Å². The predicted molar refractivity (Wildman–Crippen MR) is 565 cm³/mol. The van der Waals surface area contributed by atoms with Crippen LogP contribution in [-0.4, -0.2) is 29.9 Å². The maximum absolute atomic E-state index is 4.63. The average Bonchev–Trinajstić information content (AvgIpc) is 0.940. The summed E-state index contributed by atoms with van der Waals surface area (Å²) in [7, 11) is 0. The van der Waals surface area contributed by atoms with Crippen molar-refractivity contribution in [1.29, 1.82) is 0 Å². The quantitative estimate of drug-likeness (QED) is 0.134. The second-order valence-corrected chi connectivity index (χ2v) is 38.0. The van der Waals surface area contributed by atoms with Crippen molar-refractivity contribution in [1.82, 2.24) is 29.9 Å². The van der Waals surface area contributed by atoms with E-state index in [1.165, 1.54) is 236 Å². The first-order valence-electron chi connectivity index (χ1n) is 46.7. The Labute approximate surface area is 784 Å². The molecule has 0 amide bonds. The molecule has 0 bridgehead atoms. The summed E-state index contributed by atoms with van der Waals surface area (Å²) in [6, 6.07) is 145. The van der Waals surface area contributed by atoms with Gasteiger partial charge in [-0.2, -0.15) is 0 Å². The Balaban J connectivity index is 0.000000108. The average molecular weight is 1720 g/mol. The van der Waals surface area contributed by atoms with Crippen molar-refractivity contribution in [3.63, 3.8) is 0 Å². The zero-order valence-electron chi connectivity index (χ0n) is 75.8. The lowest BCUT2D eigenvalue weighted by molar-refractivity contribution is 0.660. The number of hydrogen-bond acceptors (Lipinski definition) is 6. The molecule has 0 unspecified atom stereocenters. The molecular formula is C129H90N6. The lowest BCUT2D eigenvalue weighted by Crippen LogP contribution is -2.14. The highest BCUT2D eigenvalue weighted by Gasteiger charge is 2.39. The molecule has 6 nitrogen and oxygen atoms in total. The zero-order chi connectivity index (χ0) is 90.4. The van der Waals surface area contributed by atoms with Crippen LogP contribution in [0.3, 0.4) is 0 Å². The van der Waals surface area contributed by atoms with Gasteiger partial charge in [0.05, 0.1) is 0 Å². The molecule has 3 heterocycles. The maximum atomic E-state index is 4.63. The maximum Gasteiger partial charge on any atom is 0.163 e. The first-order chi connectivity index (χ1) is 66.2. The van der Waals surface area contributed by atoms with E-state index in [1.807, 2.05) is 24.8 Å². The molecule has 0 aliphatic heterocycles. The third kappa shape index (κ3) is 13.2. The van der Waals surface area contributed by atoms with E-state index < -0.39 is 0 Å². The Morgan fingerprint density at radius 3 is 0.793 bits per heavy atom. The summed E-state index contributed by atoms with van der Waals surface area (Å²) in [4.78, 5) is 26.5. The highest BCUT2D eigenvalue weighted by atomic mass is 15.0. The third-order valence-electron chi connectivity index (χ3n) is 29.5. The molecule has 24 aromatic rings. The van der Waals surface area contributed by atoms with Crippen LogP contribution < -0.4 is 0 Å². The van der Waals surface area contributed by atoms with Gasteiger partial charge in [0.1, 0.15) is 19.0 Å². The van der Waals surface area contributed by atoms with E-state index in [2.05, 4.69) is 466 Å². The smallest absolute Gasteiger partial charge is 0.163 e. The summed E-state index contributed by atoms with van der Waals surface area (Å²) in [5.74, 6) is 0.681. The normalized spacial score (nSPS) is 13.3. The predicted octanol–water partition coefficient (Wildman–Crippen LogP) is 33.7. The molecule has 3 aliphatic rings. The molecule has 0 atom stereocenters. The minimum absolute atomic E-state index is 0.0248. The number of rotatable bonds is 9. The van der Waals surface area contributed by atoms with Crippen molar-refractivity contribution in [2.75, 3.05) is 0 Å². The molecule has 0 radical (unpaired) electrons. The number of fused-ring (bicyclic) bond motifs is 18. The molecule has 0 saturated heterocycles.